The summed E-state index contributed by atoms with van der Waals surface area (Å²) in [4.78, 5) is 14.7. The summed E-state index contributed by atoms with van der Waals surface area (Å²) in [6.07, 6.45) is 2.70. The summed E-state index contributed by atoms with van der Waals surface area (Å²) in [5, 5.41) is 6.21. The Labute approximate surface area is 161 Å². The molecule has 3 rings (SSSR count). The molecule has 1 aromatic rings. The van der Waals surface area contributed by atoms with Gasteiger partial charge in [0, 0.05) is 44.3 Å². The highest BCUT2D eigenvalue weighted by atomic mass is 35.5. The first-order chi connectivity index (χ1) is 12.0. The van der Waals surface area contributed by atoms with Crippen LogP contribution in [0, 0.1) is 0 Å². The molecule has 0 bridgehead atoms. The summed E-state index contributed by atoms with van der Waals surface area (Å²) in [5.41, 5.74) is 0.479. The summed E-state index contributed by atoms with van der Waals surface area (Å²) in [7, 11) is -3.47. The van der Waals surface area contributed by atoms with Gasteiger partial charge < -0.3 is 15.5 Å². The number of rotatable bonds is 8. The highest BCUT2D eigenvalue weighted by Crippen LogP contribution is 2.22. The second-order valence-corrected chi connectivity index (χ2v) is 8.34. The van der Waals surface area contributed by atoms with E-state index in [1.54, 1.807) is 12.1 Å². The molecule has 9 heteroatoms. The number of nitrogens with one attached hydrogen (secondary N) is 3. The van der Waals surface area contributed by atoms with Crippen LogP contribution in [0.3, 0.4) is 0 Å². The molecule has 0 unspecified atom stereocenters. The lowest BCUT2D eigenvalue weighted by Crippen LogP contribution is -2.44. The molecule has 1 heterocycles. The maximum atomic E-state index is 12.1. The van der Waals surface area contributed by atoms with Crippen molar-refractivity contribution in [1.82, 2.24) is 20.3 Å². The fraction of sp³-hybridized carbons (Fsp3) is 0.588. The fourth-order valence-corrected chi connectivity index (χ4v) is 4.12. The molecule has 2 fully saturated rings. The lowest BCUT2D eigenvalue weighted by atomic mass is 10.2. The maximum Gasteiger partial charge on any atom is 0.251 e. The molecule has 1 aromatic carbocycles. The largest absolute Gasteiger partial charge is 0.352 e. The minimum atomic E-state index is -3.47. The average Bonchev–Trinajstić information content (AvgIpc) is 3.43. The third-order valence-electron chi connectivity index (χ3n) is 4.47. The number of sulfonamides is 1. The Morgan fingerprint density at radius 2 is 1.81 bits per heavy atom. The molecule has 2 aliphatic rings. The summed E-state index contributed by atoms with van der Waals surface area (Å²) in [5.74, 6) is -0.167. The van der Waals surface area contributed by atoms with Crippen molar-refractivity contribution in [3.05, 3.63) is 29.8 Å². The van der Waals surface area contributed by atoms with Crippen molar-refractivity contribution >= 4 is 28.3 Å². The molecule has 7 nitrogen and oxygen atoms in total. The Morgan fingerprint density at radius 3 is 2.42 bits per heavy atom. The number of benzene rings is 1. The highest BCUT2D eigenvalue weighted by molar-refractivity contribution is 7.89. The molecular weight excluding hydrogens is 376 g/mol. The molecule has 3 N–H and O–H groups in total. The van der Waals surface area contributed by atoms with Crippen LogP contribution >= 0.6 is 12.4 Å². The van der Waals surface area contributed by atoms with Gasteiger partial charge in [-0.05, 0) is 50.1 Å². The Kier molecular flexibility index (Phi) is 7.85. The fourth-order valence-electron chi connectivity index (χ4n) is 2.82. The number of carbonyl (C=O) groups is 1. The first kappa shape index (κ1) is 21.1. The summed E-state index contributed by atoms with van der Waals surface area (Å²) >= 11 is 0. The maximum absolute atomic E-state index is 12.1. The van der Waals surface area contributed by atoms with Crippen LogP contribution in [0.2, 0.25) is 0 Å². The standard InChI is InChI=1S/C17H26N4O3S.ClH/c22-17(19-8-1-11-21-12-9-18-10-13-21)14-2-6-16(7-3-14)25(23,24)20-15-4-5-15;/h2-3,6-7,15,18,20H,1,4-5,8-13H2,(H,19,22);1H. The Bertz CT molecular complexity index is 686. The predicted octanol–water partition coefficient (Wildman–Crippen LogP) is 0.574. The van der Waals surface area contributed by atoms with Crippen molar-refractivity contribution in [2.24, 2.45) is 0 Å². The number of amides is 1. The van der Waals surface area contributed by atoms with Crippen LogP contribution in [0.5, 0.6) is 0 Å². The average molecular weight is 403 g/mol. The number of hydrogen-bond donors (Lipinski definition) is 3. The van der Waals surface area contributed by atoms with Gasteiger partial charge in [0.2, 0.25) is 10.0 Å². The van der Waals surface area contributed by atoms with Crippen LogP contribution < -0.4 is 15.4 Å². The second kappa shape index (κ2) is 9.66. The van der Waals surface area contributed by atoms with Crippen LogP contribution in [0.4, 0.5) is 0 Å². The third kappa shape index (κ3) is 6.21. The van der Waals surface area contributed by atoms with Gasteiger partial charge in [0.05, 0.1) is 4.90 Å². The van der Waals surface area contributed by atoms with Crippen LogP contribution in [0.15, 0.2) is 29.2 Å². The monoisotopic (exact) mass is 402 g/mol. The second-order valence-electron chi connectivity index (χ2n) is 6.62. The van der Waals surface area contributed by atoms with Crippen LogP contribution in [-0.4, -0.2) is 64.5 Å². The van der Waals surface area contributed by atoms with E-state index in [0.29, 0.717) is 12.1 Å². The molecule has 1 saturated carbocycles. The van der Waals surface area contributed by atoms with Gasteiger partial charge in [-0.15, -0.1) is 12.4 Å². The zero-order chi connectivity index (χ0) is 17.7. The van der Waals surface area contributed by atoms with Crippen molar-refractivity contribution in [3.8, 4) is 0 Å². The van der Waals surface area contributed by atoms with Crippen molar-refractivity contribution in [2.75, 3.05) is 39.3 Å². The van der Waals surface area contributed by atoms with Crippen molar-refractivity contribution in [3.63, 3.8) is 0 Å². The quantitative estimate of drug-likeness (QED) is 0.553. The molecule has 1 aliphatic heterocycles. The van der Waals surface area contributed by atoms with Gasteiger partial charge in [-0.25, -0.2) is 13.1 Å². The molecule has 1 saturated heterocycles. The third-order valence-corrected chi connectivity index (χ3v) is 6.01. The predicted molar refractivity (Wildman–Crippen MR) is 103 cm³/mol. The zero-order valence-corrected chi connectivity index (χ0v) is 16.4. The van der Waals surface area contributed by atoms with E-state index in [2.05, 4.69) is 20.3 Å². The normalized spacial score (nSPS) is 18.2. The van der Waals surface area contributed by atoms with E-state index in [1.807, 2.05) is 0 Å². The summed E-state index contributed by atoms with van der Waals surface area (Å²) in [6.45, 7) is 5.75. The van der Waals surface area contributed by atoms with E-state index < -0.39 is 10.0 Å². The molecule has 146 valence electrons. The lowest BCUT2D eigenvalue weighted by Gasteiger charge is -2.27. The molecule has 0 radical (unpaired) electrons. The van der Waals surface area contributed by atoms with Gasteiger partial charge in [-0.1, -0.05) is 0 Å². The van der Waals surface area contributed by atoms with Gasteiger partial charge in [-0.2, -0.15) is 0 Å². The van der Waals surface area contributed by atoms with E-state index in [-0.39, 0.29) is 29.3 Å². The van der Waals surface area contributed by atoms with E-state index in [4.69, 9.17) is 0 Å². The first-order valence-electron chi connectivity index (χ1n) is 8.88. The SMILES string of the molecule is Cl.O=C(NCCCN1CCNCC1)c1ccc(S(=O)(=O)NC2CC2)cc1. The van der Waals surface area contributed by atoms with Crippen molar-refractivity contribution < 1.29 is 13.2 Å². The van der Waals surface area contributed by atoms with E-state index >= 15 is 0 Å². The van der Waals surface area contributed by atoms with Crippen molar-refractivity contribution in [2.45, 2.75) is 30.2 Å². The Morgan fingerprint density at radius 1 is 1.15 bits per heavy atom. The number of halogens is 1. The first-order valence-corrected chi connectivity index (χ1v) is 10.4. The molecular formula is C17H27ClN4O3S. The molecule has 0 spiro atoms. The van der Waals surface area contributed by atoms with Gasteiger partial charge in [-0.3, -0.25) is 4.79 Å². The van der Waals surface area contributed by atoms with E-state index in [9.17, 15) is 13.2 Å². The van der Waals surface area contributed by atoms with Gasteiger partial charge in [0.25, 0.3) is 5.91 Å². The highest BCUT2D eigenvalue weighted by Gasteiger charge is 2.27. The minimum Gasteiger partial charge on any atom is -0.352 e. The van der Waals surface area contributed by atoms with Crippen LogP contribution in [-0.2, 0) is 10.0 Å². The topological polar surface area (TPSA) is 90.5 Å². The molecule has 0 aromatic heterocycles. The van der Waals surface area contributed by atoms with Crippen molar-refractivity contribution in [1.29, 1.82) is 0 Å². The number of carbonyl (C=O) groups excluding carboxylic acids is 1. The lowest BCUT2D eigenvalue weighted by molar-refractivity contribution is 0.0951. The molecule has 1 amide bonds. The Hall–Kier alpha value is -1.19. The Balaban J connectivity index is 0.00000243. The van der Waals surface area contributed by atoms with Crippen LogP contribution in [0.1, 0.15) is 29.6 Å². The molecule has 26 heavy (non-hydrogen) atoms. The van der Waals surface area contributed by atoms with Crippen LogP contribution in [0.25, 0.3) is 0 Å². The summed E-state index contributed by atoms with van der Waals surface area (Å²) < 4.78 is 26.8. The van der Waals surface area contributed by atoms with Gasteiger partial charge >= 0.3 is 0 Å². The number of hydrogen-bond acceptors (Lipinski definition) is 5. The zero-order valence-electron chi connectivity index (χ0n) is 14.7. The smallest absolute Gasteiger partial charge is 0.251 e. The van der Waals surface area contributed by atoms with E-state index in [0.717, 1.165) is 52.0 Å². The number of piperazine rings is 1. The molecule has 1 aliphatic carbocycles. The van der Waals surface area contributed by atoms with E-state index in [1.165, 1.54) is 12.1 Å². The molecule has 0 atom stereocenters. The van der Waals surface area contributed by atoms with Gasteiger partial charge in [0.15, 0.2) is 0 Å². The number of nitrogens with zero attached hydrogens (tertiary/aromatic N) is 1. The summed E-state index contributed by atoms with van der Waals surface area (Å²) in [6, 6.07) is 6.17. The van der Waals surface area contributed by atoms with Gasteiger partial charge in [0.1, 0.15) is 0 Å². The minimum absolute atomic E-state index is 0.